The zero-order valence-electron chi connectivity index (χ0n) is 12.2. The first-order valence-corrected chi connectivity index (χ1v) is 7.79. The SMILES string of the molecule is CCCNC(CCC)CN1CCCCCCC1=O. The van der Waals surface area contributed by atoms with E-state index < -0.39 is 0 Å². The number of carbonyl (C=O) groups is 1. The van der Waals surface area contributed by atoms with E-state index in [9.17, 15) is 4.79 Å². The summed E-state index contributed by atoms with van der Waals surface area (Å²) in [6.45, 7) is 7.35. The Kier molecular flexibility index (Phi) is 8.06. The number of nitrogens with zero attached hydrogens (tertiary/aromatic N) is 1. The quantitative estimate of drug-likeness (QED) is 0.757. The maximum Gasteiger partial charge on any atom is 0.222 e. The van der Waals surface area contributed by atoms with Crippen molar-refractivity contribution < 1.29 is 4.79 Å². The van der Waals surface area contributed by atoms with Gasteiger partial charge in [-0.3, -0.25) is 4.79 Å². The van der Waals surface area contributed by atoms with Crippen LogP contribution in [0.1, 0.15) is 65.2 Å². The molecule has 1 amide bonds. The van der Waals surface area contributed by atoms with Gasteiger partial charge in [-0.05, 0) is 32.2 Å². The van der Waals surface area contributed by atoms with E-state index in [0.717, 1.165) is 38.9 Å². The molecule has 1 rings (SSSR count). The molecule has 3 nitrogen and oxygen atoms in total. The lowest BCUT2D eigenvalue weighted by Gasteiger charge is -2.29. The second kappa shape index (κ2) is 9.37. The Hall–Kier alpha value is -0.570. The number of rotatable bonds is 7. The van der Waals surface area contributed by atoms with E-state index in [1.807, 2.05) is 0 Å². The Balaban J connectivity index is 2.44. The number of nitrogens with one attached hydrogen (secondary N) is 1. The maximum atomic E-state index is 12.1. The summed E-state index contributed by atoms with van der Waals surface area (Å²) in [5.41, 5.74) is 0. The summed E-state index contributed by atoms with van der Waals surface area (Å²) in [5.74, 6) is 0.370. The molecule has 106 valence electrons. The molecular formula is C15H30N2O. The van der Waals surface area contributed by atoms with Crippen LogP contribution in [-0.2, 0) is 4.79 Å². The second-order valence-electron chi connectivity index (χ2n) is 5.44. The maximum absolute atomic E-state index is 12.1. The topological polar surface area (TPSA) is 32.3 Å². The summed E-state index contributed by atoms with van der Waals surface area (Å²) in [4.78, 5) is 14.2. The van der Waals surface area contributed by atoms with Crippen molar-refractivity contribution in [3.63, 3.8) is 0 Å². The van der Waals surface area contributed by atoms with E-state index in [-0.39, 0.29) is 0 Å². The Labute approximate surface area is 112 Å². The Bertz CT molecular complexity index is 231. The van der Waals surface area contributed by atoms with Crippen molar-refractivity contribution in [2.45, 2.75) is 71.3 Å². The fraction of sp³-hybridized carbons (Fsp3) is 0.933. The Morgan fingerprint density at radius 1 is 1.17 bits per heavy atom. The smallest absolute Gasteiger partial charge is 0.222 e. The summed E-state index contributed by atoms with van der Waals surface area (Å²) in [5, 5.41) is 3.58. The van der Waals surface area contributed by atoms with Gasteiger partial charge in [-0.1, -0.05) is 33.1 Å². The summed E-state index contributed by atoms with van der Waals surface area (Å²) in [7, 11) is 0. The van der Waals surface area contributed by atoms with Crippen molar-refractivity contribution in [2.24, 2.45) is 0 Å². The third-order valence-corrected chi connectivity index (χ3v) is 3.68. The molecule has 0 aromatic carbocycles. The van der Waals surface area contributed by atoms with Gasteiger partial charge in [0.25, 0.3) is 0 Å². The molecule has 0 bridgehead atoms. The van der Waals surface area contributed by atoms with Crippen LogP contribution in [0.3, 0.4) is 0 Å². The fourth-order valence-electron chi connectivity index (χ4n) is 2.63. The zero-order chi connectivity index (χ0) is 13.2. The molecule has 0 aromatic rings. The van der Waals surface area contributed by atoms with Gasteiger partial charge in [0.15, 0.2) is 0 Å². The van der Waals surface area contributed by atoms with Crippen LogP contribution in [-0.4, -0.2) is 36.5 Å². The molecule has 0 aromatic heterocycles. The molecule has 1 aliphatic heterocycles. The van der Waals surface area contributed by atoms with E-state index in [1.54, 1.807) is 0 Å². The third kappa shape index (κ3) is 5.85. The first kappa shape index (κ1) is 15.5. The first-order valence-electron chi connectivity index (χ1n) is 7.79. The van der Waals surface area contributed by atoms with Crippen LogP contribution in [0.4, 0.5) is 0 Å². The summed E-state index contributed by atoms with van der Waals surface area (Å²) in [6.07, 6.45) is 9.04. The number of hydrogen-bond acceptors (Lipinski definition) is 2. The van der Waals surface area contributed by atoms with Crippen molar-refractivity contribution in [3.05, 3.63) is 0 Å². The lowest BCUT2D eigenvalue weighted by atomic mass is 10.1. The number of carbonyl (C=O) groups excluding carboxylic acids is 1. The molecule has 1 unspecified atom stereocenters. The number of hydrogen-bond donors (Lipinski definition) is 1. The molecule has 0 saturated carbocycles. The molecular weight excluding hydrogens is 224 g/mol. The molecule has 3 heteroatoms. The standard InChI is InChI=1S/C15H30N2O/c1-3-9-14(16-11-4-2)13-17-12-8-6-5-7-10-15(17)18/h14,16H,3-13H2,1-2H3. The van der Waals surface area contributed by atoms with E-state index in [2.05, 4.69) is 24.1 Å². The molecule has 1 heterocycles. The van der Waals surface area contributed by atoms with Gasteiger partial charge in [0.05, 0.1) is 0 Å². The Morgan fingerprint density at radius 2 is 1.94 bits per heavy atom. The van der Waals surface area contributed by atoms with Gasteiger partial charge in [-0.15, -0.1) is 0 Å². The van der Waals surface area contributed by atoms with Gasteiger partial charge in [0.2, 0.25) is 5.91 Å². The fourth-order valence-corrected chi connectivity index (χ4v) is 2.63. The van der Waals surface area contributed by atoms with Gasteiger partial charge < -0.3 is 10.2 Å². The van der Waals surface area contributed by atoms with E-state index in [0.29, 0.717) is 11.9 Å². The first-order chi connectivity index (χ1) is 8.77. The highest BCUT2D eigenvalue weighted by atomic mass is 16.2. The predicted molar refractivity (Wildman–Crippen MR) is 76.7 cm³/mol. The summed E-state index contributed by atoms with van der Waals surface area (Å²) < 4.78 is 0. The average Bonchev–Trinajstić information content (AvgIpc) is 2.35. The van der Waals surface area contributed by atoms with Gasteiger partial charge >= 0.3 is 0 Å². The van der Waals surface area contributed by atoms with Crippen LogP contribution >= 0.6 is 0 Å². The minimum Gasteiger partial charge on any atom is -0.341 e. The van der Waals surface area contributed by atoms with Crippen LogP contribution in [0.15, 0.2) is 0 Å². The summed E-state index contributed by atoms with van der Waals surface area (Å²) >= 11 is 0. The molecule has 0 radical (unpaired) electrons. The average molecular weight is 254 g/mol. The van der Waals surface area contributed by atoms with Crippen LogP contribution in [0, 0.1) is 0 Å². The zero-order valence-corrected chi connectivity index (χ0v) is 12.2. The minimum absolute atomic E-state index is 0.370. The van der Waals surface area contributed by atoms with Crippen molar-refractivity contribution in [1.82, 2.24) is 10.2 Å². The van der Waals surface area contributed by atoms with E-state index in [4.69, 9.17) is 0 Å². The third-order valence-electron chi connectivity index (χ3n) is 3.68. The second-order valence-corrected chi connectivity index (χ2v) is 5.44. The predicted octanol–water partition coefficient (Wildman–Crippen LogP) is 2.95. The van der Waals surface area contributed by atoms with Gasteiger partial charge in [-0.25, -0.2) is 0 Å². The summed E-state index contributed by atoms with van der Waals surface area (Å²) in [6, 6.07) is 0.485. The van der Waals surface area contributed by atoms with Crippen molar-refractivity contribution in [3.8, 4) is 0 Å². The number of amides is 1. The van der Waals surface area contributed by atoms with Gasteiger partial charge in [-0.2, -0.15) is 0 Å². The molecule has 1 aliphatic rings. The van der Waals surface area contributed by atoms with Crippen molar-refractivity contribution in [2.75, 3.05) is 19.6 Å². The molecule has 1 atom stereocenters. The minimum atomic E-state index is 0.370. The van der Waals surface area contributed by atoms with E-state index in [1.165, 1.54) is 32.1 Å². The van der Waals surface area contributed by atoms with Crippen molar-refractivity contribution >= 4 is 5.91 Å². The molecule has 1 saturated heterocycles. The normalized spacial score (nSPS) is 19.4. The molecule has 1 fully saturated rings. The van der Waals surface area contributed by atoms with Crippen molar-refractivity contribution in [1.29, 1.82) is 0 Å². The highest BCUT2D eigenvalue weighted by Gasteiger charge is 2.19. The monoisotopic (exact) mass is 254 g/mol. The molecule has 1 N–H and O–H groups in total. The molecule has 0 aliphatic carbocycles. The Morgan fingerprint density at radius 3 is 2.67 bits per heavy atom. The molecule has 18 heavy (non-hydrogen) atoms. The lowest BCUT2D eigenvalue weighted by Crippen LogP contribution is -2.44. The van der Waals surface area contributed by atoms with Crippen LogP contribution < -0.4 is 5.32 Å². The number of likely N-dealkylation sites (tertiary alicyclic amines) is 1. The van der Waals surface area contributed by atoms with E-state index >= 15 is 0 Å². The highest BCUT2D eigenvalue weighted by molar-refractivity contribution is 5.76. The highest BCUT2D eigenvalue weighted by Crippen LogP contribution is 2.13. The van der Waals surface area contributed by atoms with Crippen LogP contribution in [0.5, 0.6) is 0 Å². The van der Waals surface area contributed by atoms with Crippen LogP contribution in [0.25, 0.3) is 0 Å². The van der Waals surface area contributed by atoms with Gasteiger partial charge in [0, 0.05) is 25.6 Å². The van der Waals surface area contributed by atoms with Crippen LogP contribution in [0.2, 0.25) is 0 Å². The van der Waals surface area contributed by atoms with Gasteiger partial charge in [0.1, 0.15) is 0 Å². The largest absolute Gasteiger partial charge is 0.341 e. The molecule has 0 spiro atoms. The lowest BCUT2D eigenvalue weighted by molar-refractivity contribution is -0.132.